The number of fused-ring (bicyclic) bond motifs is 2. The molecule has 3 aromatic carbocycles. The Hall–Kier alpha value is -2.33. The molecule has 0 aromatic heterocycles. The molecule has 2 unspecified atom stereocenters. The molecule has 0 N–H and O–H groups in total. The molecule has 2 atom stereocenters. The molecule has 2 bridgehead atoms. The van der Waals surface area contributed by atoms with Gasteiger partial charge < -0.3 is 4.55 Å². The van der Waals surface area contributed by atoms with E-state index in [0.29, 0.717) is 12.8 Å². The molecule has 0 saturated heterocycles. The van der Waals surface area contributed by atoms with Crippen molar-refractivity contribution in [1.29, 1.82) is 0 Å². The molecular weight excluding hydrogens is 463 g/mol. The van der Waals surface area contributed by atoms with E-state index in [-0.39, 0.29) is 17.1 Å². The number of ketones is 1. The van der Waals surface area contributed by atoms with E-state index in [4.69, 9.17) is 0 Å². The number of carbonyl (C=O) groups excluding carboxylic acids is 1. The molecule has 34 heavy (non-hydrogen) atoms. The maximum absolute atomic E-state index is 11.8. The van der Waals surface area contributed by atoms with Crippen molar-refractivity contribution in [3.63, 3.8) is 0 Å². The number of Topliss-reactive ketones (excluding diaryl/α,β-unsaturated/α-hetero) is 1. The number of hydrogen-bond donors (Lipinski definition) is 0. The summed E-state index contributed by atoms with van der Waals surface area (Å²) in [7, 11) is -5.20. The van der Waals surface area contributed by atoms with Crippen LogP contribution in [0, 0.1) is 16.7 Å². The molecule has 3 aromatic rings. The monoisotopic (exact) mass is 494 g/mol. The van der Waals surface area contributed by atoms with Crippen molar-refractivity contribution in [2.45, 2.75) is 33.1 Å². The summed E-state index contributed by atoms with van der Waals surface area (Å²) in [6, 6.07) is 32.5. The topological polar surface area (TPSA) is 74.3 Å². The van der Waals surface area contributed by atoms with Gasteiger partial charge in [0.25, 0.3) is 0 Å². The Morgan fingerprint density at radius 1 is 0.824 bits per heavy atom. The second kappa shape index (κ2) is 9.73. The van der Waals surface area contributed by atoms with Gasteiger partial charge >= 0.3 is 0 Å². The van der Waals surface area contributed by atoms with Crippen molar-refractivity contribution in [3.8, 4) is 0 Å². The van der Waals surface area contributed by atoms with Crippen LogP contribution in [0.15, 0.2) is 91.0 Å². The van der Waals surface area contributed by atoms with Crippen LogP contribution in [0.1, 0.15) is 33.1 Å². The quantitative estimate of drug-likeness (QED) is 0.395. The SMILES string of the molecule is CC1(C)C2CCC1(CS(=O)(=O)[O-])C(=O)C2.c1ccc([PH+](c2ccccc2)c2ccccc2)cc1. The molecule has 2 aliphatic rings. The third-order valence-electron chi connectivity index (χ3n) is 7.75. The average molecular weight is 495 g/mol. The first-order valence-corrected chi connectivity index (χ1v) is 14.7. The third-order valence-corrected chi connectivity index (χ3v) is 11.3. The first kappa shape index (κ1) is 24.8. The average Bonchev–Trinajstić information content (AvgIpc) is 3.15. The molecule has 5 rings (SSSR count). The Morgan fingerprint density at radius 2 is 1.24 bits per heavy atom. The number of rotatable bonds is 5. The predicted molar refractivity (Wildman–Crippen MR) is 140 cm³/mol. The normalized spacial score (nSPS) is 22.9. The van der Waals surface area contributed by atoms with Crippen LogP contribution >= 0.6 is 7.92 Å². The third kappa shape index (κ3) is 4.88. The maximum Gasteiger partial charge on any atom is 0.140 e. The van der Waals surface area contributed by atoms with Crippen molar-refractivity contribution < 1.29 is 17.8 Å². The molecule has 6 heteroatoms. The highest BCUT2D eigenvalue weighted by molar-refractivity contribution is 7.85. The van der Waals surface area contributed by atoms with Gasteiger partial charge in [0.05, 0.1) is 23.8 Å². The fraction of sp³-hybridized carbons (Fsp3) is 0.321. The van der Waals surface area contributed by atoms with Gasteiger partial charge in [-0.05, 0) is 60.6 Å². The highest BCUT2D eigenvalue weighted by Gasteiger charge is 2.64. The van der Waals surface area contributed by atoms with Crippen LogP contribution < -0.4 is 15.9 Å². The summed E-state index contributed by atoms with van der Waals surface area (Å²) in [4.78, 5) is 11.8. The molecule has 0 heterocycles. The minimum atomic E-state index is -4.33. The van der Waals surface area contributed by atoms with Crippen molar-refractivity contribution in [3.05, 3.63) is 91.0 Å². The predicted octanol–water partition coefficient (Wildman–Crippen LogP) is 4.10. The van der Waals surface area contributed by atoms with Crippen LogP contribution in [0.25, 0.3) is 0 Å². The summed E-state index contributed by atoms with van der Waals surface area (Å²) in [5.74, 6) is -0.280. The summed E-state index contributed by atoms with van der Waals surface area (Å²) in [5, 5.41) is 4.31. The van der Waals surface area contributed by atoms with E-state index in [1.54, 1.807) is 0 Å². The van der Waals surface area contributed by atoms with Gasteiger partial charge in [0.15, 0.2) is 0 Å². The van der Waals surface area contributed by atoms with Crippen LogP contribution in [-0.2, 0) is 14.9 Å². The zero-order valence-corrected chi connectivity index (χ0v) is 21.4. The lowest BCUT2D eigenvalue weighted by Crippen LogP contribution is -2.42. The Bertz CT molecular complexity index is 1130. The van der Waals surface area contributed by atoms with E-state index >= 15 is 0 Å². The van der Waals surface area contributed by atoms with Gasteiger partial charge in [-0.25, -0.2) is 8.42 Å². The molecule has 4 nitrogen and oxygen atoms in total. The number of benzene rings is 3. The van der Waals surface area contributed by atoms with Crippen LogP contribution in [0.4, 0.5) is 0 Å². The van der Waals surface area contributed by atoms with Crippen molar-refractivity contribution in [1.82, 2.24) is 0 Å². The fourth-order valence-corrected chi connectivity index (χ4v) is 9.58. The van der Waals surface area contributed by atoms with Crippen molar-refractivity contribution >= 4 is 39.7 Å². The second-order valence-electron chi connectivity index (χ2n) is 9.84. The molecule has 2 fully saturated rings. The Kier molecular flexibility index (Phi) is 7.09. The second-order valence-corrected chi connectivity index (χ2v) is 13.7. The van der Waals surface area contributed by atoms with Gasteiger partial charge in [-0.3, -0.25) is 4.79 Å². The summed E-state index contributed by atoms with van der Waals surface area (Å²) < 4.78 is 32.7. The van der Waals surface area contributed by atoms with Crippen LogP contribution in [-0.4, -0.2) is 24.5 Å². The van der Waals surface area contributed by atoms with Gasteiger partial charge in [0.1, 0.15) is 21.7 Å². The highest BCUT2D eigenvalue weighted by atomic mass is 32.2. The largest absolute Gasteiger partial charge is 0.748 e. The van der Waals surface area contributed by atoms with Crippen LogP contribution in [0.3, 0.4) is 0 Å². The first-order valence-electron chi connectivity index (χ1n) is 11.6. The molecule has 0 amide bonds. The van der Waals surface area contributed by atoms with E-state index < -0.39 is 29.2 Å². The van der Waals surface area contributed by atoms with Crippen molar-refractivity contribution in [2.75, 3.05) is 5.75 Å². The van der Waals surface area contributed by atoms with Gasteiger partial charge in [0.2, 0.25) is 0 Å². The van der Waals surface area contributed by atoms with Gasteiger partial charge in [0, 0.05) is 11.8 Å². The van der Waals surface area contributed by atoms with Gasteiger partial charge in [-0.15, -0.1) is 0 Å². The first-order chi connectivity index (χ1) is 16.1. The van der Waals surface area contributed by atoms with E-state index in [1.807, 2.05) is 13.8 Å². The molecule has 0 aliphatic heterocycles. The molecule has 178 valence electrons. The Morgan fingerprint density at radius 3 is 1.53 bits per heavy atom. The number of carbonyl (C=O) groups is 1. The summed E-state index contributed by atoms with van der Waals surface area (Å²) >= 11 is 0. The van der Waals surface area contributed by atoms with Crippen LogP contribution in [0.2, 0.25) is 0 Å². The van der Waals surface area contributed by atoms with Gasteiger partial charge in [-0.1, -0.05) is 68.4 Å². The molecule has 2 aliphatic carbocycles. The lowest BCUT2D eigenvalue weighted by Gasteiger charge is -2.37. The standard InChI is InChI=1S/C18H15P.C10H16O4S/c1-4-10-16(11-5-1)19(17-12-6-2-7-13-17)18-14-8-3-9-15-18;1-9(2)7-3-4-10(9,8(11)5-7)6-15(12,13)14/h1-15H;7H,3-6H2,1-2H3,(H,12,13,14). The fourth-order valence-electron chi connectivity index (χ4n) is 5.72. The number of hydrogen-bond acceptors (Lipinski definition) is 4. The minimum absolute atomic E-state index is 0.0248. The highest BCUT2D eigenvalue weighted by Crippen LogP contribution is 2.64. The van der Waals surface area contributed by atoms with E-state index in [2.05, 4.69) is 91.0 Å². The zero-order chi connectivity index (χ0) is 24.4. The summed E-state index contributed by atoms with van der Waals surface area (Å²) in [6.45, 7) is 3.83. The Balaban J connectivity index is 0.000000166. The van der Waals surface area contributed by atoms with E-state index in [1.165, 1.54) is 15.9 Å². The van der Waals surface area contributed by atoms with Gasteiger partial charge in [-0.2, -0.15) is 0 Å². The van der Waals surface area contributed by atoms with Crippen LogP contribution in [0.5, 0.6) is 0 Å². The summed E-state index contributed by atoms with van der Waals surface area (Å²) in [6.07, 6.45) is 1.88. The molecular formula is C28H31O4PS. The maximum atomic E-state index is 11.8. The lowest BCUT2D eigenvalue weighted by molar-refractivity contribution is -0.128. The van der Waals surface area contributed by atoms with E-state index in [0.717, 1.165) is 6.42 Å². The zero-order valence-electron chi connectivity index (χ0n) is 19.6. The smallest absolute Gasteiger partial charge is 0.140 e. The van der Waals surface area contributed by atoms with E-state index in [9.17, 15) is 17.8 Å². The van der Waals surface area contributed by atoms with Crippen molar-refractivity contribution in [2.24, 2.45) is 16.7 Å². The molecule has 2 saturated carbocycles. The Labute approximate surface area is 203 Å². The molecule has 0 spiro atoms. The molecule has 0 radical (unpaired) electrons. The summed E-state index contributed by atoms with van der Waals surface area (Å²) in [5.41, 5.74) is -1.22. The lowest BCUT2D eigenvalue weighted by atomic mass is 9.70. The minimum Gasteiger partial charge on any atom is -0.748 e.